The van der Waals surface area contributed by atoms with Crippen molar-refractivity contribution in [3.05, 3.63) is 85.4 Å². The van der Waals surface area contributed by atoms with Crippen LogP contribution in [-0.2, 0) is 13.1 Å². The second-order valence-corrected chi connectivity index (χ2v) is 11.0. The number of pyridine rings is 1. The lowest BCUT2D eigenvalue weighted by molar-refractivity contribution is 0.0699. The highest BCUT2D eigenvalue weighted by atomic mass is 35.5. The molecule has 12 heteroatoms. The molecule has 5 rings (SSSR count). The van der Waals surface area contributed by atoms with Gasteiger partial charge in [0.05, 0.1) is 50.4 Å². The molecule has 2 aromatic carbocycles. The van der Waals surface area contributed by atoms with Crippen molar-refractivity contribution in [1.82, 2.24) is 19.4 Å². The van der Waals surface area contributed by atoms with E-state index in [4.69, 9.17) is 16.3 Å². The highest BCUT2D eigenvalue weighted by Crippen LogP contribution is 2.39. The normalized spacial score (nSPS) is 11.1. The highest BCUT2D eigenvalue weighted by Gasteiger charge is 2.21. The van der Waals surface area contributed by atoms with Gasteiger partial charge < -0.3 is 14.7 Å². The molecule has 0 aliphatic rings. The fourth-order valence-electron chi connectivity index (χ4n) is 4.88. The van der Waals surface area contributed by atoms with Gasteiger partial charge in [0.25, 0.3) is 5.56 Å². The van der Waals surface area contributed by atoms with Crippen LogP contribution >= 0.6 is 22.9 Å². The van der Waals surface area contributed by atoms with Crippen molar-refractivity contribution in [3.8, 4) is 29.0 Å². The van der Waals surface area contributed by atoms with Crippen LogP contribution in [-0.4, -0.2) is 51.2 Å². The summed E-state index contributed by atoms with van der Waals surface area (Å²) >= 11 is 7.60. The summed E-state index contributed by atoms with van der Waals surface area (Å²) in [6, 6.07) is 12.7. The molecule has 0 aliphatic carbocycles. The summed E-state index contributed by atoms with van der Waals surface area (Å²) in [5.41, 5.74) is 2.70. The number of benzene rings is 2. The van der Waals surface area contributed by atoms with E-state index in [-0.39, 0.29) is 29.7 Å². The van der Waals surface area contributed by atoms with Crippen LogP contribution in [0.1, 0.15) is 32.9 Å². The number of thiophene rings is 1. The molecule has 1 N–H and O–H groups in total. The third kappa shape index (κ3) is 5.17. The lowest BCUT2D eigenvalue weighted by Crippen LogP contribution is -2.28. The fourth-order valence-corrected chi connectivity index (χ4v) is 6.08. The molecular formula is C30H23ClN6O4S. The van der Waals surface area contributed by atoms with E-state index in [1.807, 2.05) is 19.0 Å². The Hall–Kier alpha value is -4.81. The summed E-state index contributed by atoms with van der Waals surface area (Å²) in [5.74, 6) is -0.159. The van der Waals surface area contributed by atoms with Crippen molar-refractivity contribution in [3.63, 3.8) is 0 Å². The summed E-state index contributed by atoms with van der Waals surface area (Å²) in [6.07, 6.45) is 1.54. The molecule has 0 radical (unpaired) electrons. The zero-order chi connectivity index (χ0) is 30.1. The van der Waals surface area contributed by atoms with Crippen molar-refractivity contribution in [2.24, 2.45) is 0 Å². The molecule has 3 heterocycles. The summed E-state index contributed by atoms with van der Waals surface area (Å²) < 4.78 is 8.29. The van der Waals surface area contributed by atoms with Gasteiger partial charge in [-0.15, -0.1) is 11.3 Å². The third-order valence-electron chi connectivity index (χ3n) is 6.74. The molecule has 0 aliphatic heterocycles. The van der Waals surface area contributed by atoms with Gasteiger partial charge in [0.2, 0.25) is 0 Å². The van der Waals surface area contributed by atoms with Gasteiger partial charge in [-0.1, -0.05) is 11.6 Å². The third-order valence-corrected chi connectivity index (χ3v) is 7.98. The topological polar surface area (TPSA) is 145 Å². The average molecular weight is 599 g/mol. The number of carboxylic acid groups (broad SMARTS) is 1. The molecule has 10 nitrogen and oxygen atoms in total. The maximum absolute atomic E-state index is 13.7. The highest BCUT2D eigenvalue weighted by molar-refractivity contribution is 7.18. The van der Waals surface area contributed by atoms with Gasteiger partial charge >= 0.3 is 5.97 Å². The Bertz CT molecular complexity index is 2040. The first kappa shape index (κ1) is 28.7. The first-order chi connectivity index (χ1) is 20.1. The summed E-state index contributed by atoms with van der Waals surface area (Å²) in [6.45, 7) is 2.23. The Balaban J connectivity index is 1.51. The van der Waals surface area contributed by atoms with Crippen LogP contribution in [0.15, 0.2) is 46.7 Å². The summed E-state index contributed by atoms with van der Waals surface area (Å²) in [5, 5.41) is 31.4. The van der Waals surface area contributed by atoms with Gasteiger partial charge in [-0.2, -0.15) is 10.5 Å². The van der Waals surface area contributed by atoms with Gasteiger partial charge in [-0.25, -0.2) is 9.78 Å². The molecule has 0 spiro atoms. The number of halogens is 1. The monoisotopic (exact) mass is 598 g/mol. The minimum atomic E-state index is -1.06. The minimum absolute atomic E-state index is 0.0876. The minimum Gasteiger partial charge on any atom is -0.491 e. The Labute approximate surface area is 249 Å². The van der Waals surface area contributed by atoms with Gasteiger partial charge in [-0.3, -0.25) is 14.3 Å². The summed E-state index contributed by atoms with van der Waals surface area (Å²) in [7, 11) is 3.64. The van der Waals surface area contributed by atoms with Crippen LogP contribution in [0, 0.1) is 29.6 Å². The van der Waals surface area contributed by atoms with Crippen LogP contribution in [0.2, 0.25) is 5.02 Å². The van der Waals surface area contributed by atoms with Gasteiger partial charge in [-0.05, 0) is 51.4 Å². The predicted octanol–water partition coefficient (Wildman–Crippen LogP) is 5.22. The number of nitrogens with zero attached hydrogens (tertiary/aromatic N) is 6. The Morgan fingerprint density at radius 1 is 1.19 bits per heavy atom. The Morgan fingerprint density at radius 2 is 1.98 bits per heavy atom. The van der Waals surface area contributed by atoms with Crippen LogP contribution < -0.4 is 10.3 Å². The van der Waals surface area contributed by atoms with Crippen molar-refractivity contribution in [2.45, 2.75) is 20.0 Å². The number of nitriles is 2. The predicted molar refractivity (Wildman–Crippen MR) is 160 cm³/mol. The SMILES string of the molecule is Cc1nc2cc(C#N)c(CN(C)C)c(C#N)c2c(=O)n1CCOc1ccc(Cl)cc1-c1ccnc2c(C(=O)O)csc12. The molecule has 0 atom stereocenters. The van der Waals surface area contributed by atoms with Crippen LogP contribution in [0.25, 0.3) is 32.2 Å². The van der Waals surface area contributed by atoms with E-state index in [0.29, 0.717) is 55.6 Å². The lowest BCUT2D eigenvalue weighted by Gasteiger charge is -2.17. The molecule has 0 bridgehead atoms. The lowest BCUT2D eigenvalue weighted by atomic mass is 9.97. The van der Waals surface area contributed by atoms with Crippen LogP contribution in [0.3, 0.4) is 0 Å². The molecular weight excluding hydrogens is 576 g/mol. The van der Waals surface area contributed by atoms with Gasteiger partial charge in [0.15, 0.2) is 0 Å². The number of aromatic nitrogens is 3. The second-order valence-electron chi connectivity index (χ2n) is 9.73. The number of ether oxygens (including phenoxy) is 1. The van der Waals surface area contributed by atoms with E-state index < -0.39 is 11.5 Å². The molecule has 42 heavy (non-hydrogen) atoms. The van der Waals surface area contributed by atoms with E-state index in [1.165, 1.54) is 15.9 Å². The van der Waals surface area contributed by atoms with Gasteiger partial charge in [0, 0.05) is 39.8 Å². The number of hydrogen-bond acceptors (Lipinski definition) is 9. The first-order valence-electron chi connectivity index (χ1n) is 12.7. The Kier molecular flexibility index (Phi) is 7.92. The standard InChI is InChI=1S/C30H23ClN6O4S/c1-16-35-24-10-17(12-32)22(14-36(2)3)21(13-33)26(24)29(38)37(16)8-9-41-25-5-4-18(31)11-20(25)19-6-7-34-27-23(30(39)40)15-42-28(19)27/h4-7,10-11,15H,8-9,14H2,1-3H3,(H,39,40). The summed E-state index contributed by atoms with van der Waals surface area (Å²) in [4.78, 5) is 36.0. The maximum Gasteiger partial charge on any atom is 0.338 e. The largest absolute Gasteiger partial charge is 0.491 e. The number of aromatic carboxylic acids is 1. The van der Waals surface area contributed by atoms with Crippen molar-refractivity contribution in [1.29, 1.82) is 10.5 Å². The van der Waals surface area contributed by atoms with E-state index >= 15 is 0 Å². The van der Waals surface area contributed by atoms with E-state index in [2.05, 4.69) is 22.1 Å². The van der Waals surface area contributed by atoms with E-state index in [0.717, 1.165) is 5.56 Å². The van der Waals surface area contributed by atoms with Crippen LogP contribution in [0.5, 0.6) is 5.75 Å². The van der Waals surface area contributed by atoms with Crippen LogP contribution in [0.4, 0.5) is 0 Å². The quantitative estimate of drug-likeness (QED) is 0.254. The number of carboxylic acids is 1. The zero-order valence-electron chi connectivity index (χ0n) is 22.8. The zero-order valence-corrected chi connectivity index (χ0v) is 24.4. The number of rotatable bonds is 8. The molecule has 0 saturated heterocycles. The smallest absolute Gasteiger partial charge is 0.338 e. The molecule has 3 aromatic heterocycles. The molecule has 0 amide bonds. The van der Waals surface area contributed by atoms with E-state index in [1.54, 1.807) is 48.8 Å². The van der Waals surface area contributed by atoms with Crippen molar-refractivity contribution >= 4 is 50.0 Å². The van der Waals surface area contributed by atoms with Crippen molar-refractivity contribution in [2.75, 3.05) is 20.7 Å². The number of hydrogen-bond donors (Lipinski definition) is 1. The molecule has 0 saturated carbocycles. The number of fused-ring (bicyclic) bond motifs is 2. The second kappa shape index (κ2) is 11.6. The first-order valence-corrected chi connectivity index (χ1v) is 13.9. The maximum atomic E-state index is 13.7. The van der Waals surface area contributed by atoms with Gasteiger partial charge in [0.1, 0.15) is 24.3 Å². The molecule has 5 aromatic rings. The fraction of sp³-hybridized carbons (Fsp3) is 0.200. The molecule has 210 valence electrons. The Morgan fingerprint density at radius 3 is 2.67 bits per heavy atom. The molecule has 0 fully saturated rings. The van der Waals surface area contributed by atoms with Crippen molar-refractivity contribution < 1.29 is 14.6 Å². The molecule has 0 unspecified atom stereocenters. The number of aryl methyl sites for hydroxylation is 1. The average Bonchev–Trinajstić information content (AvgIpc) is 3.40. The van der Waals surface area contributed by atoms with E-state index in [9.17, 15) is 25.2 Å². The number of carbonyl (C=O) groups is 1.